The summed E-state index contributed by atoms with van der Waals surface area (Å²) in [5, 5.41) is 9.38. The summed E-state index contributed by atoms with van der Waals surface area (Å²) in [4.78, 5) is 29.4. The van der Waals surface area contributed by atoms with Crippen LogP contribution in [0.5, 0.6) is 0 Å². The Morgan fingerprint density at radius 1 is 1.40 bits per heavy atom. The molecule has 2 aromatic rings. The third-order valence-corrected chi connectivity index (χ3v) is 3.78. The van der Waals surface area contributed by atoms with Gasteiger partial charge in [0.15, 0.2) is 0 Å². The molecule has 1 aromatic heterocycles. The first-order chi connectivity index (χ1) is 9.49. The van der Waals surface area contributed by atoms with Crippen LogP contribution in [0.2, 0.25) is 0 Å². The quantitative estimate of drug-likeness (QED) is 0.896. The van der Waals surface area contributed by atoms with E-state index in [9.17, 15) is 14.7 Å². The van der Waals surface area contributed by atoms with Gasteiger partial charge in [0.1, 0.15) is 10.4 Å². The van der Waals surface area contributed by atoms with Gasteiger partial charge in [0.2, 0.25) is 0 Å². The number of aromatic amines is 1. The zero-order valence-electron chi connectivity index (χ0n) is 10.8. The number of halogens is 1. The van der Waals surface area contributed by atoms with Crippen LogP contribution in [0.3, 0.4) is 0 Å². The average Bonchev–Trinajstić information content (AvgIpc) is 2.41. The minimum atomic E-state index is -1.01. The Hall–Kier alpha value is -1.95. The van der Waals surface area contributed by atoms with Crippen LogP contribution in [0.4, 0.5) is 0 Å². The number of carboxylic acid groups (broad SMARTS) is 1. The summed E-state index contributed by atoms with van der Waals surface area (Å²) in [6.45, 7) is 1.97. The Labute approximate surface area is 123 Å². The molecule has 0 aliphatic rings. The number of aryl methyl sites for hydroxylation is 1. The molecule has 0 aliphatic heterocycles. The van der Waals surface area contributed by atoms with Gasteiger partial charge in [-0.3, -0.25) is 9.59 Å². The van der Waals surface area contributed by atoms with Crippen molar-refractivity contribution in [2.24, 2.45) is 0 Å². The van der Waals surface area contributed by atoms with Crippen molar-refractivity contribution in [2.75, 3.05) is 0 Å². The molecule has 0 saturated carbocycles. The van der Waals surface area contributed by atoms with E-state index in [1.165, 1.54) is 6.33 Å². The van der Waals surface area contributed by atoms with E-state index in [4.69, 9.17) is 0 Å². The zero-order valence-corrected chi connectivity index (χ0v) is 12.3. The molecule has 0 aliphatic carbocycles. The number of H-pyrrole nitrogens is 1. The number of hydrogen-bond acceptors (Lipinski definition) is 3. The van der Waals surface area contributed by atoms with E-state index >= 15 is 0 Å². The van der Waals surface area contributed by atoms with Crippen molar-refractivity contribution in [3.8, 4) is 0 Å². The maximum absolute atomic E-state index is 11.5. The van der Waals surface area contributed by atoms with Gasteiger partial charge >= 0.3 is 5.97 Å². The topological polar surface area (TPSA) is 83.0 Å². The first kappa shape index (κ1) is 14.5. The monoisotopic (exact) mass is 336 g/mol. The van der Waals surface area contributed by atoms with Crippen molar-refractivity contribution in [1.82, 2.24) is 9.97 Å². The molecule has 20 heavy (non-hydrogen) atoms. The maximum Gasteiger partial charge on any atom is 0.312 e. The first-order valence-corrected chi connectivity index (χ1v) is 6.79. The van der Waals surface area contributed by atoms with Crippen LogP contribution in [0.15, 0.2) is 39.9 Å². The fourth-order valence-electron chi connectivity index (χ4n) is 1.90. The molecule has 0 spiro atoms. The van der Waals surface area contributed by atoms with Gasteiger partial charge in [-0.15, -0.1) is 0 Å². The Morgan fingerprint density at radius 3 is 2.65 bits per heavy atom. The molecule has 2 N–H and O–H groups in total. The molecule has 1 aromatic carbocycles. The fourth-order valence-corrected chi connectivity index (χ4v) is 2.39. The maximum atomic E-state index is 11.5. The summed E-state index contributed by atoms with van der Waals surface area (Å²) in [7, 11) is 0. The van der Waals surface area contributed by atoms with Gasteiger partial charge in [0, 0.05) is 0 Å². The lowest BCUT2D eigenvalue weighted by Gasteiger charge is -2.13. The van der Waals surface area contributed by atoms with E-state index in [0.717, 1.165) is 11.1 Å². The lowest BCUT2D eigenvalue weighted by molar-refractivity contribution is -0.138. The number of nitrogens with one attached hydrogen (secondary N) is 1. The van der Waals surface area contributed by atoms with Crippen molar-refractivity contribution in [3.63, 3.8) is 0 Å². The number of aromatic nitrogens is 2. The predicted molar refractivity (Wildman–Crippen MR) is 77.8 cm³/mol. The van der Waals surface area contributed by atoms with Crippen LogP contribution in [-0.2, 0) is 11.2 Å². The summed E-state index contributed by atoms with van der Waals surface area (Å²) >= 11 is 3.10. The number of nitrogens with zero attached hydrogens (tertiary/aromatic N) is 1. The Kier molecular flexibility index (Phi) is 4.34. The summed E-state index contributed by atoms with van der Waals surface area (Å²) < 4.78 is 0.166. The molecular formula is C14H13BrN2O3. The smallest absolute Gasteiger partial charge is 0.312 e. The molecule has 104 valence electrons. The minimum absolute atomic E-state index is 0.166. The molecule has 0 radical (unpaired) electrons. The highest BCUT2D eigenvalue weighted by Crippen LogP contribution is 2.24. The number of carbonyl (C=O) groups is 1. The fraction of sp³-hybridized carbons (Fsp3) is 0.214. The lowest BCUT2D eigenvalue weighted by Crippen LogP contribution is -2.20. The Morgan fingerprint density at radius 2 is 2.05 bits per heavy atom. The Balaban J connectivity index is 2.37. The summed E-state index contributed by atoms with van der Waals surface area (Å²) in [5.41, 5.74) is 1.85. The van der Waals surface area contributed by atoms with E-state index in [1.807, 2.05) is 31.2 Å². The van der Waals surface area contributed by atoms with E-state index in [-0.39, 0.29) is 22.1 Å². The second-order valence-electron chi connectivity index (χ2n) is 4.51. The van der Waals surface area contributed by atoms with Crippen molar-refractivity contribution in [2.45, 2.75) is 19.3 Å². The van der Waals surface area contributed by atoms with E-state index in [0.29, 0.717) is 0 Å². The molecule has 0 fully saturated rings. The standard InChI is InChI=1S/C14H13BrN2O3/c1-8-2-4-9(5-3-8)6-10(14(19)20)12-11(15)13(18)17-7-16-12/h2-5,7,10H,6H2,1H3,(H,19,20)(H,16,17,18). The molecule has 1 atom stereocenters. The summed E-state index contributed by atoms with van der Waals surface area (Å²) in [5.74, 6) is -1.88. The average molecular weight is 337 g/mol. The van der Waals surface area contributed by atoms with Crippen LogP contribution < -0.4 is 5.56 Å². The zero-order chi connectivity index (χ0) is 14.7. The van der Waals surface area contributed by atoms with Crippen LogP contribution in [0, 0.1) is 6.92 Å². The molecule has 1 heterocycles. The number of hydrogen-bond donors (Lipinski definition) is 2. The third kappa shape index (κ3) is 3.14. The molecule has 0 bridgehead atoms. The molecule has 0 amide bonds. The molecule has 1 unspecified atom stereocenters. The highest BCUT2D eigenvalue weighted by molar-refractivity contribution is 9.10. The molecule has 6 heteroatoms. The molecule has 2 rings (SSSR count). The van der Waals surface area contributed by atoms with Gasteiger partial charge < -0.3 is 10.1 Å². The summed E-state index contributed by atoms with van der Waals surface area (Å²) in [6, 6.07) is 7.61. The molecule has 0 saturated heterocycles. The van der Waals surface area contributed by atoms with E-state index in [1.54, 1.807) is 0 Å². The predicted octanol–water partition coefficient (Wildman–Crippen LogP) is 2.25. The highest BCUT2D eigenvalue weighted by Gasteiger charge is 2.25. The Bertz CT molecular complexity index is 680. The second kappa shape index (κ2) is 6.00. The van der Waals surface area contributed by atoms with Crippen LogP contribution in [-0.4, -0.2) is 21.0 Å². The molecular weight excluding hydrogens is 324 g/mol. The van der Waals surface area contributed by atoms with Gasteiger partial charge in [-0.05, 0) is 34.8 Å². The number of carboxylic acids is 1. The number of rotatable bonds is 4. The minimum Gasteiger partial charge on any atom is -0.481 e. The van der Waals surface area contributed by atoms with Gasteiger partial charge in [0.05, 0.1) is 12.0 Å². The lowest BCUT2D eigenvalue weighted by atomic mass is 9.95. The van der Waals surface area contributed by atoms with E-state index < -0.39 is 11.9 Å². The number of benzene rings is 1. The van der Waals surface area contributed by atoms with Crippen molar-refractivity contribution >= 4 is 21.9 Å². The van der Waals surface area contributed by atoms with Gasteiger partial charge in [-0.2, -0.15) is 0 Å². The third-order valence-electron chi connectivity index (χ3n) is 3.01. The normalized spacial score (nSPS) is 12.1. The van der Waals surface area contributed by atoms with Crippen molar-refractivity contribution < 1.29 is 9.90 Å². The summed E-state index contributed by atoms with van der Waals surface area (Å²) in [6.07, 6.45) is 1.50. The van der Waals surface area contributed by atoms with Gasteiger partial charge in [-0.25, -0.2) is 4.98 Å². The van der Waals surface area contributed by atoms with Crippen molar-refractivity contribution in [3.05, 3.63) is 62.2 Å². The van der Waals surface area contributed by atoms with Crippen LogP contribution >= 0.6 is 15.9 Å². The highest BCUT2D eigenvalue weighted by atomic mass is 79.9. The van der Waals surface area contributed by atoms with Crippen molar-refractivity contribution in [1.29, 1.82) is 0 Å². The second-order valence-corrected chi connectivity index (χ2v) is 5.30. The number of aliphatic carboxylic acids is 1. The van der Waals surface area contributed by atoms with Gasteiger partial charge in [-0.1, -0.05) is 29.8 Å². The van der Waals surface area contributed by atoms with Crippen LogP contribution in [0.1, 0.15) is 22.7 Å². The first-order valence-electron chi connectivity index (χ1n) is 6.00. The largest absolute Gasteiger partial charge is 0.481 e. The SMILES string of the molecule is Cc1ccc(CC(C(=O)O)c2nc[nH]c(=O)c2Br)cc1. The van der Waals surface area contributed by atoms with Crippen LogP contribution in [0.25, 0.3) is 0 Å². The molecule has 5 nitrogen and oxygen atoms in total. The van der Waals surface area contributed by atoms with E-state index in [2.05, 4.69) is 25.9 Å². The van der Waals surface area contributed by atoms with Gasteiger partial charge in [0.25, 0.3) is 5.56 Å².